The Kier molecular flexibility index (Phi) is 3.42. The van der Waals surface area contributed by atoms with Gasteiger partial charge in [-0.3, -0.25) is 4.90 Å². The van der Waals surface area contributed by atoms with Gasteiger partial charge in [0.05, 0.1) is 6.10 Å². The molecule has 3 nitrogen and oxygen atoms in total. The van der Waals surface area contributed by atoms with Crippen LogP contribution in [0.5, 0.6) is 0 Å². The zero-order chi connectivity index (χ0) is 11.8. The lowest BCUT2D eigenvalue weighted by atomic mass is 9.87. The number of rotatable bonds is 2. The van der Waals surface area contributed by atoms with Crippen LogP contribution in [0.25, 0.3) is 0 Å². The van der Waals surface area contributed by atoms with E-state index in [-0.39, 0.29) is 0 Å². The highest BCUT2D eigenvalue weighted by molar-refractivity contribution is 5.01. The first-order valence-electron chi connectivity index (χ1n) is 7.35. The van der Waals surface area contributed by atoms with Crippen molar-refractivity contribution < 1.29 is 4.74 Å². The zero-order valence-electron chi connectivity index (χ0n) is 11.0. The molecule has 0 aromatic heterocycles. The van der Waals surface area contributed by atoms with Crippen LogP contribution in [0.15, 0.2) is 0 Å². The van der Waals surface area contributed by atoms with E-state index in [1.54, 1.807) is 0 Å². The van der Waals surface area contributed by atoms with Crippen molar-refractivity contribution in [3.05, 3.63) is 0 Å². The van der Waals surface area contributed by atoms with Crippen molar-refractivity contribution in [2.45, 2.75) is 81.6 Å². The van der Waals surface area contributed by atoms with Gasteiger partial charge in [0.2, 0.25) is 0 Å². The monoisotopic (exact) mass is 238 g/mol. The summed E-state index contributed by atoms with van der Waals surface area (Å²) >= 11 is 0. The van der Waals surface area contributed by atoms with Crippen LogP contribution in [-0.4, -0.2) is 42.3 Å². The average Bonchev–Trinajstić information content (AvgIpc) is 2.61. The van der Waals surface area contributed by atoms with E-state index < -0.39 is 0 Å². The number of nitrogens with two attached hydrogens (primary N) is 1. The van der Waals surface area contributed by atoms with Crippen molar-refractivity contribution in [3.8, 4) is 0 Å². The molecule has 0 amide bonds. The molecule has 3 heteroatoms. The van der Waals surface area contributed by atoms with Gasteiger partial charge in [0.1, 0.15) is 0 Å². The van der Waals surface area contributed by atoms with Gasteiger partial charge >= 0.3 is 0 Å². The third kappa shape index (κ3) is 2.13. The van der Waals surface area contributed by atoms with Gasteiger partial charge in [0.25, 0.3) is 0 Å². The Morgan fingerprint density at radius 2 is 1.65 bits per heavy atom. The predicted molar refractivity (Wildman–Crippen MR) is 68.9 cm³/mol. The Labute approximate surface area is 105 Å². The minimum Gasteiger partial charge on any atom is -0.380 e. The summed E-state index contributed by atoms with van der Waals surface area (Å²) in [5, 5.41) is 0. The zero-order valence-corrected chi connectivity index (χ0v) is 11.0. The van der Waals surface area contributed by atoms with E-state index in [0.717, 1.165) is 12.1 Å². The summed E-state index contributed by atoms with van der Waals surface area (Å²) in [7, 11) is 1.89. The summed E-state index contributed by atoms with van der Waals surface area (Å²) in [6.45, 7) is 0. The van der Waals surface area contributed by atoms with Gasteiger partial charge in [-0.2, -0.15) is 0 Å². The third-order valence-electron chi connectivity index (χ3n) is 5.18. The molecule has 2 saturated heterocycles. The molecular weight excluding hydrogens is 212 g/mol. The minimum absolute atomic E-state index is 0.452. The second kappa shape index (κ2) is 4.87. The van der Waals surface area contributed by atoms with E-state index >= 15 is 0 Å². The number of piperidine rings is 1. The van der Waals surface area contributed by atoms with E-state index in [1.807, 2.05) is 7.11 Å². The van der Waals surface area contributed by atoms with Gasteiger partial charge in [0, 0.05) is 31.3 Å². The quantitative estimate of drug-likeness (QED) is 0.798. The first kappa shape index (κ1) is 11.9. The van der Waals surface area contributed by atoms with Crippen molar-refractivity contribution in [2.75, 3.05) is 7.11 Å². The van der Waals surface area contributed by atoms with Gasteiger partial charge in [0.15, 0.2) is 0 Å². The molecule has 98 valence electrons. The van der Waals surface area contributed by atoms with E-state index in [9.17, 15) is 0 Å². The molecule has 2 N–H and O–H groups in total. The SMILES string of the molecule is COC1CCCCC1N1C2CCC1CC(N)C2. The summed E-state index contributed by atoms with van der Waals surface area (Å²) in [4.78, 5) is 2.80. The lowest BCUT2D eigenvalue weighted by Crippen LogP contribution is -2.56. The number of hydrogen-bond acceptors (Lipinski definition) is 3. The molecule has 0 aromatic carbocycles. The predicted octanol–water partition coefficient (Wildman–Crippen LogP) is 1.90. The van der Waals surface area contributed by atoms with Crippen LogP contribution in [-0.2, 0) is 4.74 Å². The fraction of sp³-hybridized carbons (Fsp3) is 1.00. The molecule has 4 atom stereocenters. The maximum atomic E-state index is 6.16. The number of nitrogens with zero attached hydrogens (tertiary/aromatic N) is 1. The van der Waals surface area contributed by atoms with Crippen molar-refractivity contribution in [1.82, 2.24) is 4.90 Å². The van der Waals surface area contributed by atoms with Crippen LogP contribution >= 0.6 is 0 Å². The maximum absolute atomic E-state index is 6.16. The molecule has 2 aliphatic heterocycles. The number of methoxy groups -OCH3 is 1. The van der Waals surface area contributed by atoms with Crippen LogP contribution in [0.2, 0.25) is 0 Å². The van der Waals surface area contributed by atoms with Gasteiger partial charge < -0.3 is 10.5 Å². The molecule has 0 radical (unpaired) electrons. The Balaban J connectivity index is 1.74. The first-order chi connectivity index (χ1) is 8.29. The Morgan fingerprint density at radius 3 is 2.29 bits per heavy atom. The molecule has 2 bridgehead atoms. The normalized spacial score (nSPS) is 47.3. The van der Waals surface area contributed by atoms with Gasteiger partial charge in [-0.15, -0.1) is 0 Å². The van der Waals surface area contributed by atoms with Crippen molar-refractivity contribution in [1.29, 1.82) is 0 Å². The second-order valence-corrected chi connectivity index (χ2v) is 6.19. The smallest absolute Gasteiger partial charge is 0.0726 e. The number of hydrogen-bond donors (Lipinski definition) is 1. The van der Waals surface area contributed by atoms with Crippen LogP contribution in [0.4, 0.5) is 0 Å². The van der Waals surface area contributed by atoms with Crippen molar-refractivity contribution >= 4 is 0 Å². The standard InChI is InChI=1S/C14H26N2O/c1-17-14-5-3-2-4-13(14)16-11-6-7-12(16)9-10(15)8-11/h10-14H,2-9,15H2,1H3. The van der Waals surface area contributed by atoms with Crippen LogP contribution in [0, 0.1) is 0 Å². The highest BCUT2D eigenvalue weighted by Crippen LogP contribution is 2.40. The molecule has 1 saturated carbocycles. The first-order valence-corrected chi connectivity index (χ1v) is 7.35. The molecule has 3 fully saturated rings. The number of fused-ring (bicyclic) bond motifs is 2. The summed E-state index contributed by atoms with van der Waals surface area (Å²) < 4.78 is 5.74. The highest BCUT2D eigenvalue weighted by Gasteiger charge is 2.45. The highest BCUT2D eigenvalue weighted by atomic mass is 16.5. The molecule has 2 heterocycles. The van der Waals surface area contributed by atoms with Gasteiger partial charge in [-0.05, 0) is 38.5 Å². The molecule has 17 heavy (non-hydrogen) atoms. The molecule has 4 unspecified atom stereocenters. The summed E-state index contributed by atoms with van der Waals surface area (Å²) in [5.74, 6) is 0. The molecule has 0 aromatic rings. The van der Waals surface area contributed by atoms with Crippen LogP contribution < -0.4 is 5.73 Å². The molecule has 3 rings (SSSR count). The molecule has 1 aliphatic carbocycles. The lowest BCUT2D eigenvalue weighted by Gasteiger charge is -2.46. The third-order valence-corrected chi connectivity index (χ3v) is 5.18. The van der Waals surface area contributed by atoms with E-state index in [0.29, 0.717) is 18.2 Å². The van der Waals surface area contributed by atoms with Crippen molar-refractivity contribution in [2.24, 2.45) is 5.73 Å². The van der Waals surface area contributed by atoms with Crippen molar-refractivity contribution in [3.63, 3.8) is 0 Å². The minimum atomic E-state index is 0.452. The van der Waals surface area contributed by atoms with Gasteiger partial charge in [-0.1, -0.05) is 12.8 Å². The van der Waals surface area contributed by atoms with E-state index in [2.05, 4.69) is 4.90 Å². The van der Waals surface area contributed by atoms with E-state index in [4.69, 9.17) is 10.5 Å². The maximum Gasteiger partial charge on any atom is 0.0726 e. The van der Waals surface area contributed by atoms with Crippen LogP contribution in [0.1, 0.15) is 51.4 Å². The van der Waals surface area contributed by atoms with Crippen LogP contribution in [0.3, 0.4) is 0 Å². The molecular formula is C14H26N2O. The second-order valence-electron chi connectivity index (χ2n) is 6.19. The lowest BCUT2D eigenvalue weighted by molar-refractivity contribution is -0.0432. The fourth-order valence-electron chi connectivity index (χ4n) is 4.49. The summed E-state index contributed by atoms with van der Waals surface area (Å²) in [6.07, 6.45) is 10.9. The Bertz CT molecular complexity index is 257. The topological polar surface area (TPSA) is 38.5 Å². The largest absolute Gasteiger partial charge is 0.380 e. The van der Waals surface area contributed by atoms with Gasteiger partial charge in [-0.25, -0.2) is 0 Å². The number of ether oxygens (including phenoxy) is 1. The summed E-state index contributed by atoms with van der Waals surface area (Å²) in [6, 6.07) is 2.64. The Morgan fingerprint density at radius 1 is 1.00 bits per heavy atom. The van der Waals surface area contributed by atoms with E-state index in [1.165, 1.54) is 51.4 Å². The Hall–Kier alpha value is -0.120. The summed E-state index contributed by atoms with van der Waals surface area (Å²) in [5.41, 5.74) is 6.16. The fourth-order valence-corrected chi connectivity index (χ4v) is 4.49. The molecule has 3 aliphatic rings. The molecule has 0 spiro atoms. The average molecular weight is 238 g/mol.